The van der Waals surface area contributed by atoms with Crippen LogP contribution in [0.2, 0.25) is 5.15 Å². The van der Waals surface area contributed by atoms with Crippen LogP contribution in [-0.2, 0) is 11.3 Å². The molecule has 0 amide bonds. The Morgan fingerprint density at radius 2 is 1.96 bits per heavy atom. The van der Waals surface area contributed by atoms with E-state index in [-0.39, 0.29) is 28.9 Å². The summed E-state index contributed by atoms with van der Waals surface area (Å²) in [7, 11) is 0. The number of rotatable bonds is 5. The van der Waals surface area contributed by atoms with Gasteiger partial charge in [-0.15, -0.1) is 0 Å². The normalized spacial score (nSPS) is 23.3. The van der Waals surface area contributed by atoms with Gasteiger partial charge in [-0.1, -0.05) is 41.9 Å². The number of aliphatic hydroxyl groups is 1. The molecule has 8 heteroatoms. The van der Waals surface area contributed by atoms with Gasteiger partial charge in [0.05, 0.1) is 18.8 Å². The predicted octanol–water partition coefficient (Wildman–Crippen LogP) is 1.81. The van der Waals surface area contributed by atoms with Crippen LogP contribution in [0.25, 0.3) is 0 Å². The van der Waals surface area contributed by atoms with Gasteiger partial charge in [-0.2, -0.15) is 9.97 Å². The van der Waals surface area contributed by atoms with Crippen LogP contribution in [0.3, 0.4) is 0 Å². The second kappa shape index (κ2) is 7.21. The number of anilines is 3. The van der Waals surface area contributed by atoms with Crippen molar-refractivity contribution < 1.29 is 9.84 Å². The molecule has 0 aliphatic heterocycles. The second-order valence-electron chi connectivity index (χ2n) is 5.85. The summed E-state index contributed by atoms with van der Waals surface area (Å²) < 4.78 is 5.84. The van der Waals surface area contributed by atoms with Crippen molar-refractivity contribution >= 4 is 29.1 Å². The highest BCUT2D eigenvalue weighted by Crippen LogP contribution is 2.30. The molecule has 1 aromatic heterocycles. The number of aromatic nitrogens is 2. The lowest BCUT2D eigenvalue weighted by atomic mass is 10.2. The van der Waals surface area contributed by atoms with E-state index in [1.807, 2.05) is 30.3 Å². The monoisotopic (exact) mass is 349 g/mol. The van der Waals surface area contributed by atoms with Crippen LogP contribution in [-0.4, -0.2) is 33.3 Å². The molecule has 128 valence electrons. The van der Waals surface area contributed by atoms with Crippen molar-refractivity contribution in [2.75, 3.05) is 16.8 Å². The molecule has 1 aliphatic carbocycles. The van der Waals surface area contributed by atoms with Crippen LogP contribution >= 0.6 is 11.6 Å². The molecular weight excluding hydrogens is 330 g/mol. The molecule has 1 aromatic carbocycles. The summed E-state index contributed by atoms with van der Waals surface area (Å²) in [6, 6.07) is 9.82. The maximum absolute atomic E-state index is 10.2. The summed E-state index contributed by atoms with van der Waals surface area (Å²) in [5, 5.41) is 13.5. The third kappa shape index (κ3) is 3.87. The molecule has 0 unspecified atom stereocenters. The molecule has 0 bridgehead atoms. The van der Waals surface area contributed by atoms with E-state index in [0.717, 1.165) is 5.56 Å². The molecule has 0 radical (unpaired) electrons. The van der Waals surface area contributed by atoms with Crippen molar-refractivity contribution in [3.63, 3.8) is 0 Å². The van der Waals surface area contributed by atoms with Crippen molar-refractivity contribution in [1.82, 2.24) is 9.97 Å². The third-order valence-electron chi connectivity index (χ3n) is 4.04. The van der Waals surface area contributed by atoms with Crippen molar-refractivity contribution in [3.8, 4) is 0 Å². The van der Waals surface area contributed by atoms with Crippen molar-refractivity contribution in [2.24, 2.45) is 0 Å². The summed E-state index contributed by atoms with van der Waals surface area (Å²) >= 11 is 5.91. The Morgan fingerprint density at radius 1 is 1.21 bits per heavy atom. The summed E-state index contributed by atoms with van der Waals surface area (Å²) in [4.78, 5) is 7.86. The van der Waals surface area contributed by atoms with Gasteiger partial charge >= 0.3 is 0 Å². The SMILES string of the molecule is Nc1nc(Cl)c(N)c(N[C@H]2C[C@H](OCc3ccccc3)[C@@H](O)C2)n1. The van der Waals surface area contributed by atoms with Gasteiger partial charge in [0.15, 0.2) is 11.0 Å². The molecule has 1 heterocycles. The summed E-state index contributed by atoms with van der Waals surface area (Å²) in [5.74, 6) is 0.431. The molecule has 1 aliphatic rings. The van der Waals surface area contributed by atoms with Crippen LogP contribution in [0.5, 0.6) is 0 Å². The number of aliphatic hydroxyl groups excluding tert-OH is 1. The van der Waals surface area contributed by atoms with Gasteiger partial charge in [-0.05, 0) is 18.4 Å². The van der Waals surface area contributed by atoms with Gasteiger partial charge in [0.25, 0.3) is 0 Å². The van der Waals surface area contributed by atoms with E-state index in [0.29, 0.717) is 25.3 Å². The van der Waals surface area contributed by atoms with E-state index in [4.69, 9.17) is 27.8 Å². The van der Waals surface area contributed by atoms with Gasteiger partial charge in [0.1, 0.15) is 5.69 Å². The first kappa shape index (κ1) is 16.8. The lowest BCUT2D eigenvalue weighted by Crippen LogP contribution is -2.22. The Labute approximate surface area is 145 Å². The molecule has 1 saturated carbocycles. The van der Waals surface area contributed by atoms with Crippen LogP contribution in [0.4, 0.5) is 17.5 Å². The fourth-order valence-electron chi connectivity index (χ4n) is 2.81. The molecular formula is C16H20ClN5O2. The van der Waals surface area contributed by atoms with Crippen LogP contribution in [0.1, 0.15) is 18.4 Å². The Hall–Kier alpha value is -2.09. The predicted molar refractivity (Wildman–Crippen MR) is 93.5 cm³/mol. The number of ether oxygens (including phenoxy) is 1. The number of nitrogens with one attached hydrogen (secondary N) is 1. The van der Waals surface area contributed by atoms with Crippen LogP contribution in [0.15, 0.2) is 30.3 Å². The molecule has 7 nitrogen and oxygen atoms in total. The second-order valence-corrected chi connectivity index (χ2v) is 6.21. The number of benzene rings is 1. The maximum atomic E-state index is 10.2. The average molecular weight is 350 g/mol. The highest BCUT2D eigenvalue weighted by Gasteiger charge is 2.34. The summed E-state index contributed by atoms with van der Waals surface area (Å²) in [5.41, 5.74) is 12.8. The minimum atomic E-state index is -0.554. The molecule has 0 spiro atoms. The molecule has 0 saturated heterocycles. The van der Waals surface area contributed by atoms with Crippen molar-refractivity contribution in [1.29, 1.82) is 0 Å². The van der Waals surface area contributed by atoms with E-state index < -0.39 is 6.10 Å². The van der Waals surface area contributed by atoms with E-state index in [9.17, 15) is 5.11 Å². The number of nitrogen functional groups attached to an aromatic ring is 2. The molecule has 3 atom stereocenters. The Balaban J connectivity index is 1.60. The minimum Gasteiger partial charge on any atom is -0.393 e. The lowest BCUT2D eigenvalue weighted by molar-refractivity contribution is -0.0273. The molecule has 1 fully saturated rings. The first-order valence-electron chi connectivity index (χ1n) is 7.71. The summed E-state index contributed by atoms with van der Waals surface area (Å²) in [6.07, 6.45) is 0.357. The Morgan fingerprint density at radius 3 is 2.71 bits per heavy atom. The van der Waals surface area contributed by atoms with Gasteiger partial charge in [0, 0.05) is 6.04 Å². The Bertz CT molecular complexity index is 700. The number of hydrogen-bond donors (Lipinski definition) is 4. The highest BCUT2D eigenvalue weighted by molar-refractivity contribution is 6.32. The topological polar surface area (TPSA) is 119 Å². The van der Waals surface area contributed by atoms with E-state index in [2.05, 4.69) is 15.3 Å². The number of halogens is 1. The van der Waals surface area contributed by atoms with Gasteiger partial charge < -0.3 is 26.6 Å². The largest absolute Gasteiger partial charge is 0.393 e. The highest BCUT2D eigenvalue weighted by atomic mass is 35.5. The zero-order chi connectivity index (χ0) is 17.1. The Kier molecular flexibility index (Phi) is 5.03. The fourth-order valence-corrected chi connectivity index (χ4v) is 2.99. The zero-order valence-electron chi connectivity index (χ0n) is 13.0. The number of nitrogens with zero attached hydrogens (tertiary/aromatic N) is 2. The van der Waals surface area contributed by atoms with Gasteiger partial charge in [0.2, 0.25) is 5.95 Å². The number of nitrogens with two attached hydrogens (primary N) is 2. The fraction of sp³-hybridized carbons (Fsp3) is 0.375. The summed E-state index contributed by atoms with van der Waals surface area (Å²) in [6.45, 7) is 0.462. The quantitative estimate of drug-likeness (QED) is 0.608. The first-order chi connectivity index (χ1) is 11.5. The average Bonchev–Trinajstić information content (AvgIpc) is 2.91. The lowest BCUT2D eigenvalue weighted by Gasteiger charge is -2.16. The zero-order valence-corrected chi connectivity index (χ0v) is 13.8. The molecule has 2 aromatic rings. The van der Waals surface area contributed by atoms with E-state index >= 15 is 0 Å². The third-order valence-corrected chi connectivity index (χ3v) is 4.32. The molecule has 3 rings (SSSR count). The standard InChI is InChI=1S/C16H20ClN5O2/c17-14-13(18)15(22-16(19)21-14)20-10-6-11(23)12(7-10)24-8-9-4-2-1-3-5-9/h1-5,10-12,23H,6-8,18H2,(H3,19,20,21,22)/t10-,11+,12+/m1/s1. The molecule has 24 heavy (non-hydrogen) atoms. The van der Waals surface area contributed by atoms with Crippen molar-refractivity contribution in [3.05, 3.63) is 41.0 Å². The van der Waals surface area contributed by atoms with E-state index in [1.165, 1.54) is 0 Å². The maximum Gasteiger partial charge on any atom is 0.223 e. The number of hydrogen-bond acceptors (Lipinski definition) is 7. The van der Waals surface area contributed by atoms with Gasteiger partial charge in [-0.25, -0.2) is 0 Å². The van der Waals surface area contributed by atoms with E-state index in [1.54, 1.807) is 0 Å². The molecule has 6 N–H and O–H groups in total. The first-order valence-corrected chi connectivity index (χ1v) is 8.09. The van der Waals surface area contributed by atoms with Crippen LogP contribution < -0.4 is 16.8 Å². The van der Waals surface area contributed by atoms with Crippen LogP contribution in [0, 0.1) is 0 Å². The van der Waals surface area contributed by atoms with Crippen molar-refractivity contribution in [2.45, 2.75) is 37.7 Å². The smallest absolute Gasteiger partial charge is 0.223 e. The minimum absolute atomic E-state index is 0.0339. The van der Waals surface area contributed by atoms with Gasteiger partial charge in [-0.3, -0.25) is 0 Å².